The third-order valence-electron chi connectivity index (χ3n) is 5.23. The van der Waals surface area contributed by atoms with Crippen LogP contribution in [0.15, 0.2) is 23.1 Å². The van der Waals surface area contributed by atoms with E-state index in [1.54, 1.807) is 0 Å². The number of rotatable bonds is 6. The summed E-state index contributed by atoms with van der Waals surface area (Å²) in [4.78, 5) is 10.2. The predicted octanol–water partition coefficient (Wildman–Crippen LogP) is 1.60. The number of nitro benzene ring substituents is 1. The molecule has 1 aromatic rings. The largest absolute Gasteiger partial charge is 0.390 e. The third-order valence-corrected chi connectivity index (χ3v) is 6.14. The second kappa shape index (κ2) is 5.98. The first-order valence-corrected chi connectivity index (χ1v) is 9.51. The molecule has 4 N–H and O–H groups in total. The Morgan fingerprint density at radius 3 is 2.54 bits per heavy atom. The fraction of sp³-hybridized carbons (Fsp3) is 0.600. The van der Waals surface area contributed by atoms with E-state index in [-0.39, 0.29) is 22.2 Å². The van der Waals surface area contributed by atoms with Crippen LogP contribution in [0.4, 0.5) is 11.4 Å². The monoisotopic (exact) mass is 355 g/mol. The fourth-order valence-corrected chi connectivity index (χ4v) is 4.14. The number of nitrogens with two attached hydrogens (primary N) is 1. The maximum absolute atomic E-state index is 11.3. The van der Waals surface area contributed by atoms with E-state index in [4.69, 9.17) is 5.14 Å². The van der Waals surface area contributed by atoms with Gasteiger partial charge >= 0.3 is 0 Å². The summed E-state index contributed by atoms with van der Waals surface area (Å²) in [5.74, 6) is 0.658. The van der Waals surface area contributed by atoms with Gasteiger partial charge in [0.1, 0.15) is 5.69 Å². The topological polar surface area (TPSA) is 136 Å². The van der Waals surface area contributed by atoms with Crippen LogP contribution in [0.25, 0.3) is 0 Å². The Balaban J connectivity index is 1.64. The molecule has 2 aliphatic rings. The molecule has 132 valence electrons. The highest BCUT2D eigenvalue weighted by Crippen LogP contribution is 2.50. The van der Waals surface area contributed by atoms with E-state index in [0.29, 0.717) is 25.3 Å². The van der Waals surface area contributed by atoms with Gasteiger partial charge in [-0.3, -0.25) is 10.1 Å². The van der Waals surface area contributed by atoms with Crippen molar-refractivity contribution in [1.29, 1.82) is 0 Å². The Bertz CT molecular complexity index is 754. The second-order valence-electron chi connectivity index (χ2n) is 6.87. The molecule has 8 nitrogen and oxygen atoms in total. The van der Waals surface area contributed by atoms with Gasteiger partial charge in [0.05, 0.1) is 15.4 Å². The molecule has 0 heterocycles. The number of hydrogen-bond acceptors (Lipinski definition) is 6. The van der Waals surface area contributed by atoms with Gasteiger partial charge in [-0.25, -0.2) is 13.6 Å². The molecular formula is C15H21N3O5S. The molecule has 2 aliphatic carbocycles. The molecule has 0 atom stereocenters. The number of sulfonamides is 1. The van der Waals surface area contributed by atoms with Gasteiger partial charge in [-0.05, 0) is 49.7 Å². The first-order chi connectivity index (χ1) is 11.2. The number of primary sulfonamides is 1. The lowest BCUT2D eigenvalue weighted by molar-refractivity contribution is -0.384. The van der Waals surface area contributed by atoms with Crippen molar-refractivity contribution in [2.45, 2.75) is 42.6 Å². The van der Waals surface area contributed by atoms with Crippen molar-refractivity contribution in [2.24, 2.45) is 17.0 Å². The van der Waals surface area contributed by atoms with Gasteiger partial charge in [0.15, 0.2) is 0 Å². The van der Waals surface area contributed by atoms with Crippen LogP contribution in [0.2, 0.25) is 0 Å². The summed E-state index contributed by atoms with van der Waals surface area (Å²) in [6, 6.07) is 3.56. The molecule has 0 radical (unpaired) electrons. The lowest BCUT2D eigenvalue weighted by atomic mass is 9.59. The third kappa shape index (κ3) is 3.24. The Kier molecular flexibility index (Phi) is 4.27. The van der Waals surface area contributed by atoms with Crippen LogP contribution in [-0.2, 0) is 10.0 Å². The van der Waals surface area contributed by atoms with E-state index < -0.39 is 20.5 Å². The Morgan fingerprint density at radius 2 is 2.04 bits per heavy atom. The van der Waals surface area contributed by atoms with Crippen molar-refractivity contribution in [3.8, 4) is 0 Å². The van der Waals surface area contributed by atoms with Crippen molar-refractivity contribution >= 4 is 21.4 Å². The zero-order valence-corrected chi connectivity index (χ0v) is 14.0. The molecule has 1 aromatic carbocycles. The number of anilines is 1. The Hall–Kier alpha value is -1.71. The van der Waals surface area contributed by atoms with Crippen LogP contribution in [0, 0.1) is 22.0 Å². The fourth-order valence-electron chi connectivity index (χ4n) is 3.61. The zero-order chi connectivity index (χ0) is 17.5. The first-order valence-electron chi connectivity index (χ1n) is 7.96. The van der Waals surface area contributed by atoms with Crippen LogP contribution in [0.3, 0.4) is 0 Å². The number of aliphatic hydroxyl groups is 1. The number of nitrogens with zero attached hydrogens (tertiary/aromatic N) is 1. The van der Waals surface area contributed by atoms with Gasteiger partial charge in [0, 0.05) is 12.6 Å². The quantitative estimate of drug-likeness (QED) is 0.524. The highest BCUT2D eigenvalue weighted by Gasteiger charge is 2.49. The summed E-state index contributed by atoms with van der Waals surface area (Å²) in [5.41, 5.74) is -0.629. The molecule has 0 bridgehead atoms. The van der Waals surface area contributed by atoms with Gasteiger partial charge in [-0.1, -0.05) is 6.42 Å². The minimum atomic E-state index is -3.99. The highest BCUT2D eigenvalue weighted by atomic mass is 32.2. The molecule has 0 aromatic heterocycles. The summed E-state index contributed by atoms with van der Waals surface area (Å²) in [6.07, 6.45) is 4.74. The minimum absolute atomic E-state index is 0.256. The van der Waals surface area contributed by atoms with Gasteiger partial charge in [0.2, 0.25) is 10.0 Å². The molecule has 0 saturated heterocycles. The molecule has 9 heteroatoms. The smallest absolute Gasteiger partial charge is 0.293 e. The van der Waals surface area contributed by atoms with Crippen molar-refractivity contribution in [3.05, 3.63) is 28.3 Å². The number of nitrogens with one attached hydrogen (secondary N) is 1. The van der Waals surface area contributed by atoms with E-state index in [2.05, 4.69) is 5.32 Å². The van der Waals surface area contributed by atoms with Crippen LogP contribution in [-0.4, -0.2) is 30.6 Å². The number of hydrogen-bond donors (Lipinski definition) is 3. The number of benzene rings is 1. The van der Waals surface area contributed by atoms with Gasteiger partial charge in [-0.2, -0.15) is 0 Å². The molecule has 0 unspecified atom stereocenters. The SMILES string of the molecule is NS(=O)(=O)c1ccc(NCC2CC(O)(C3CCC3)C2)c([N+](=O)[O-])c1. The standard InChI is InChI=1S/C15H21N3O5S/c16-24(22,23)12-4-5-13(14(6-12)18(20)21)17-9-10-7-15(19,8-10)11-2-1-3-11/h4-6,10-11,17,19H,1-3,7-9H2,(H2,16,22,23). The van der Waals surface area contributed by atoms with E-state index >= 15 is 0 Å². The normalized spacial score (nSPS) is 27.2. The molecule has 24 heavy (non-hydrogen) atoms. The van der Waals surface area contributed by atoms with Gasteiger partial charge in [-0.15, -0.1) is 0 Å². The molecule has 2 saturated carbocycles. The molecule has 0 amide bonds. The van der Waals surface area contributed by atoms with E-state index in [1.165, 1.54) is 18.6 Å². The van der Waals surface area contributed by atoms with Crippen molar-refractivity contribution in [2.75, 3.05) is 11.9 Å². The highest BCUT2D eigenvalue weighted by molar-refractivity contribution is 7.89. The molecule has 0 aliphatic heterocycles. The summed E-state index contributed by atoms with van der Waals surface area (Å²) >= 11 is 0. The van der Waals surface area contributed by atoms with E-state index in [9.17, 15) is 23.6 Å². The van der Waals surface area contributed by atoms with E-state index in [1.807, 2.05) is 0 Å². The number of nitro groups is 1. The average molecular weight is 355 g/mol. The van der Waals surface area contributed by atoms with Crippen LogP contribution in [0.1, 0.15) is 32.1 Å². The van der Waals surface area contributed by atoms with Crippen molar-refractivity contribution < 1.29 is 18.4 Å². The zero-order valence-electron chi connectivity index (χ0n) is 13.1. The Labute approximate surface area is 140 Å². The van der Waals surface area contributed by atoms with Crippen molar-refractivity contribution in [3.63, 3.8) is 0 Å². The minimum Gasteiger partial charge on any atom is -0.390 e. The van der Waals surface area contributed by atoms with Crippen molar-refractivity contribution in [1.82, 2.24) is 0 Å². The van der Waals surface area contributed by atoms with E-state index in [0.717, 1.165) is 18.9 Å². The van der Waals surface area contributed by atoms with Crippen LogP contribution in [0.5, 0.6) is 0 Å². The van der Waals surface area contributed by atoms with Crippen LogP contribution >= 0.6 is 0 Å². The lowest BCUT2D eigenvalue weighted by Gasteiger charge is -2.52. The summed E-state index contributed by atoms with van der Waals surface area (Å²) in [5, 5.41) is 29.6. The maximum atomic E-state index is 11.3. The second-order valence-corrected chi connectivity index (χ2v) is 8.43. The first kappa shape index (κ1) is 17.1. The summed E-state index contributed by atoms with van der Waals surface area (Å²) < 4.78 is 22.6. The average Bonchev–Trinajstić information content (AvgIpc) is 2.39. The summed E-state index contributed by atoms with van der Waals surface area (Å²) in [6.45, 7) is 0.505. The lowest BCUT2D eigenvalue weighted by Crippen LogP contribution is -2.53. The Morgan fingerprint density at radius 1 is 1.38 bits per heavy atom. The van der Waals surface area contributed by atoms with Gasteiger partial charge in [0.25, 0.3) is 5.69 Å². The molecule has 3 rings (SSSR count). The van der Waals surface area contributed by atoms with Crippen LogP contribution < -0.4 is 10.5 Å². The maximum Gasteiger partial charge on any atom is 0.293 e. The molecular weight excluding hydrogens is 334 g/mol. The predicted molar refractivity (Wildman–Crippen MR) is 88.0 cm³/mol. The summed E-state index contributed by atoms with van der Waals surface area (Å²) in [7, 11) is -3.99. The molecule has 2 fully saturated rings. The van der Waals surface area contributed by atoms with Gasteiger partial charge < -0.3 is 10.4 Å². The molecule has 0 spiro atoms.